The molecule has 4 rings (SSSR count). The number of alkyl halides is 3. The first-order valence-electron chi connectivity index (χ1n) is 11.9. The minimum absolute atomic E-state index is 0. The average molecular weight is 556 g/mol. The minimum atomic E-state index is -4.36. The van der Waals surface area contributed by atoms with Crippen molar-refractivity contribution in [1.82, 2.24) is 10.2 Å². The number of benzene rings is 1. The second-order valence-electron chi connectivity index (χ2n) is 10.1. The molecule has 3 aliphatic carbocycles. The number of aliphatic hydroxyl groups is 3. The molecule has 39 heavy (non-hydrogen) atoms. The van der Waals surface area contributed by atoms with Gasteiger partial charge >= 0.3 is 6.18 Å². The molecule has 13 heteroatoms. The number of amides is 1. The SMILES string of the molecule is C.CN(C)[C@@H]1C(=O)C(C(N)=O)=C(O)[C@@]2(O)C(=O)C3=C(O)c4c(ccc(CNCCC(F)(F)F)c4O)C[C@H]3C[C@@H]12. The number of nitrogens with zero attached hydrogens (tertiary/aromatic N) is 1. The highest BCUT2D eigenvalue weighted by atomic mass is 19.4. The van der Waals surface area contributed by atoms with Crippen LogP contribution in [0.3, 0.4) is 0 Å². The number of hydrogen-bond acceptors (Lipinski definition) is 9. The van der Waals surface area contributed by atoms with E-state index >= 15 is 0 Å². The van der Waals surface area contributed by atoms with Crippen LogP contribution in [-0.4, -0.2) is 81.3 Å². The van der Waals surface area contributed by atoms with Gasteiger partial charge in [-0.3, -0.25) is 19.3 Å². The first-order valence-corrected chi connectivity index (χ1v) is 11.9. The van der Waals surface area contributed by atoms with E-state index in [-0.39, 0.29) is 43.5 Å². The summed E-state index contributed by atoms with van der Waals surface area (Å²) in [6, 6.07) is 1.90. The summed E-state index contributed by atoms with van der Waals surface area (Å²) in [6.45, 7) is -0.555. The maximum absolute atomic E-state index is 13.7. The fourth-order valence-corrected chi connectivity index (χ4v) is 5.86. The van der Waals surface area contributed by atoms with E-state index in [4.69, 9.17) is 5.73 Å². The van der Waals surface area contributed by atoms with Gasteiger partial charge in [-0.25, -0.2) is 0 Å². The van der Waals surface area contributed by atoms with Crippen molar-refractivity contribution in [2.45, 2.75) is 51.1 Å². The van der Waals surface area contributed by atoms with Crippen molar-refractivity contribution in [2.24, 2.45) is 17.6 Å². The predicted octanol–water partition coefficient (Wildman–Crippen LogP) is 1.64. The number of fused-ring (bicyclic) bond motifs is 3. The number of hydrogen-bond donors (Lipinski definition) is 6. The Kier molecular flexibility index (Phi) is 7.94. The van der Waals surface area contributed by atoms with E-state index in [0.29, 0.717) is 5.56 Å². The van der Waals surface area contributed by atoms with Gasteiger partial charge in [0, 0.05) is 30.1 Å². The number of phenolic OH excluding ortho intramolecular Hbond substituents is 1. The van der Waals surface area contributed by atoms with Crippen molar-refractivity contribution in [3.63, 3.8) is 0 Å². The number of nitrogens with one attached hydrogen (secondary N) is 1. The molecule has 0 spiro atoms. The second-order valence-corrected chi connectivity index (χ2v) is 10.1. The molecule has 0 radical (unpaired) electrons. The third kappa shape index (κ3) is 4.79. The summed E-state index contributed by atoms with van der Waals surface area (Å²) in [4.78, 5) is 40.2. The molecule has 7 N–H and O–H groups in total. The van der Waals surface area contributed by atoms with Crippen LogP contribution in [0.15, 0.2) is 29.0 Å². The Balaban J connectivity index is 0.00000420. The highest BCUT2D eigenvalue weighted by Gasteiger charge is 2.64. The molecule has 1 fully saturated rings. The van der Waals surface area contributed by atoms with Crippen molar-refractivity contribution < 1.29 is 48.0 Å². The molecule has 3 aliphatic rings. The standard InChI is InChI=1S/C25H28F3N3O7.CH4/c1-31(2)17-13-8-12-7-10-3-4-11(9-30-6-5-24(26,27)28)18(32)14(10)19(33)15(12)21(35)25(13,38)22(36)16(20(17)34)23(29)37;/h3-4,12-13,17,30,32-33,36,38H,5-9H2,1-2H3,(H2,29,37);1H4/t12-,13-,17-,25-;/m0./s1. The first-order chi connectivity index (χ1) is 17.6. The van der Waals surface area contributed by atoms with E-state index in [1.165, 1.54) is 25.1 Å². The zero-order valence-electron chi connectivity index (χ0n) is 20.6. The lowest BCUT2D eigenvalue weighted by Crippen LogP contribution is -2.65. The number of likely N-dealkylation sites (N-methyl/N-ethyl adjacent to an activating group) is 1. The summed E-state index contributed by atoms with van der Waals surface area (Å²) in [6.07, 6.45) is -5.34. The van der Waals surface area contributed by atoms with Crippen molar-refractivity contribution in [2.75, 3.05) is 20.6 Å². The zero-order valence-corrected chi connectivity index (χ0v) is 20.6. The summed E-state index contributed by atoms with van der Waals surface area (Å²) in [5, 5.41) is 47.0. The Morgan fingerprint density at radius 2 is 1.85 bits per heavy atom. The topological polar surface area (TPSA) is 173 Å². The maximum atomic E-state index is 13.7. The van der Waals surface area contributed by atoms with Gasteiger partial charge in [0.2, 0.25) is 5.78 Å². The molecule has 10 nitrogen and oxygen atoms in total. The van der Waals surface area contributed by atoms with E-state index in [2.05, 4.69) is 5.32 Å². The van der Waals surface area contributed by atoms with Crippen LogP contribution in [0, 0.1) is 11.8 Å². The van der Waals surface area contributed by atoms with Crippen LogP contribution < -0.4 is 11.1 Å². The fraction of sp³-hybridized carbons (Fsp3) is 0.500. The van der Waals surface area contributed by atoms with E-state index in [9.17, 15) is 48.0 Å². The molecular weight excluding hydrogens is 523 g/mol. The summed E-state index contributed by atoms with van der Waals surface area (Å²) < 4.78 is 37.3. The number of aromatic hydroxyl groups is 1. The van der Waals surface area contributed by atoms with Crippen LogP contribution in [0.1, 0.15) is 37.0 Å². The third-order valence-electron chi connectivity index (χ3n) is 7.58. The van der Waals surface area contributed by atoms with Crippen molar-refractivity contribution in [1.29, 1.82) is 0 Å². The minimum Gasteiger partial charge on any atom is -0.508 e. The van der Waals surface area contributed by atoms with Crippen molar-refractivity contribution >= 4 is 23.2 Å². The van der Waals surface area contributed by atoms with Gasteiger partial charge in [0.1, 0.15) is 22.8 Å². The largest absolute Gasteiger partial charge is 0.508 e. The smallest absolute Gasteiger partial charge is 0.390 e. The normalized spacial score (nSPS) is 26.7. The molecule has 4 atom stereocenters. The Morgan fingerprint density at radius 3 is 2.41 bits per heavy atom. The number of carbonyl (C=O) groups excluding carboxylic acids is 3. The monoisotopic (exact) mass is 555 g/mol. The van der Waals surface area contributed by atoms with Crippen LogP contribution >= 0.6 is 0 Å². The Bertz CT molecular complexity index is 1290. The molecule has 214 valence electrons. The van der Waals surface area contributed by atoms with Crippen LogP contribution in [0.4, 0.5) is 13.2 Å². The summed E-state index contributed by atoms with van der Waals surface area (Å²) in [5.74, 6) is -7.46. The second kappa shape index (κ2) is 10.3. The molecule has 0 unspecified atom stereocenters. The van der Waals surface area contributed by atoms with Gasteiger partial charge in [-0.15, -0.1) is 0 Å². The summed E-state index contributed by atoms with van der Waals surface area (Å²) in [5.41, 5.74) is 1.86. The van der Waals surface area contributed by atoms with E-state index in [1.54, 1.807) is 6.07 Å². The molecule has 0 saturated heterocycles. The lowest BCUT2D eigenvalue weighted by molar-refractivity contribution is -0.153. The number of Topliss-reactive ketones (excluding diaryl/α,β-unsaturated/α-hetero) is 2. The summed E-state index contributed by atoms with van der Waals surface area (Å²) in [7, 11) is 3.02. The molecule has 1 aromatic carbocycles. The molecule has 0 heterocycles. The van der Waals surface area contributed by atoms with Crippen LogP contribution in [0.25, 0.3) is 5.76 Å². The van der Waals surface area contributed by atoms with Crippen LogP contribution in [0.5, 0.6) is 5.75 Å². The Morgan fingerprint density at radius 1 is 1.21 bits per heavy atom. The number of phenols is 1. The van der Waals surface area contributed by atoms with Gasteiger partial charge in [-0.05, 0) is 38.4 Å². The molecule has 1 saturated carbocycles. The van der Waals surface area contributed by atoms with Gasteiger partial charge in [0.05, 0.1) is 18.0 Å². The molecule has 0 aliphatic heterocycles. The van der Waals surface area contributed by atoms with E-state index in [0.717, 1.165) is 0 Å². The van der Waals surface area contributed by atoms with Gasteiger partial charge < -0.3 is 31.5 Å². The average Bonchev–Trinajstić information content (AvgIpc) is 2.79. The Labute approximate surface area is 222 Å². The third-order valence-corrected chi connectivity index (χ3v) is 7.58. The predicted molar refractivity (Wildman–Crippen MR) is 133 cm³/mol. The zero-order chi connectivity index (χ0) is 28.3. The highest BCUT2D eigenvalue weighted by Crippen LogP contribution is 2.52. The quantitative estimate of drug-likeness (QED) is 0.225. The number of carbonyl (C=O) groups is 3. The lowest BCUT2D eigenvalue weighted by atomic mass is 9.57. The first kappa shape index (κ1) is 30.1. The number of primary amides is 1. The highest BCUT2D eigenvalue weighted by molar-refractivity contribution is 6.24. The van der Waals surface area contributed by atoms with E-state index in [1.807, 2.05) is 0 Å². The van der Waals surface area contributed by atoms with Crippen LogP contribution in [0.2, 0.25) is 0 Å². The van der Waals surface area contributed by atoms with Gasteiger partial charge in [-0.1, -0.05) is 19.6 Å². The van der Waals surface area contributed by atoms with Gasteiger partial charge in [0.25, 0.3) is 5.91 Å². The number of aliphatic hydroxyl groups excluding tert-OH is 2. The van der Waals surface area contributed by atoms with Crippen LogP contribution in [-0.2, 0) is 27.3 Å². The number of ketones is 2. The Hall–Kier alpha value is -3.42. The van der Waals surface area contributed by atoms with Crippen molar-refractivity contribution in [3.8, 4) is 5.75 Å². The molecule has 0 bridgehead atoms. The fourth-order valence-electron chi connectivity index (χ4n) is 5.86. The number of rotatable bonds is 6. The lowest BCUT2D eigenvalue weighted by Gasteiger charge is -2.50. The van der Waals surface area contributed by atoms with E-state index < -0.39 is 82.9 Å². The maximum Gasteiger partial charge on any atom is 0.390 e. The van der Waals surface area contributed by atoms with Gasteiger partial charge in [0.15, 0.2) is 11.4 Å². The molecular formula is C26H32F3N3O7. The molecule has 0 aromatic heterocycles. The molecule has 1 amide bonds. The summed E-state index contributed by atoms with van der Waals surface area (Å²) >= 11 is 0. The number of halogens is 3. The van der Waals surface area contributed by atoms with Crippen molar-refractivity contribution in [3.05, 3.63) is 45.7 Å². The number of nitrogens with two attached hydrogens (primary N) is 1. The van der Waals surface area contributed by atoms with Gasteiger partial charge in [-0.2, -0.15) is 13.2 Å². The molecule has 1 aromatic rings.